The van der Waals surface area contributed by atoms with E-state index in [-0.39, 0.29) is 35.8 Å². The number of benzene rings is 1. The first-order valence-corrected chi connectivity index (χ1v) is 11.6. The van der Waals surface area contributed by atoms with Crippen molar-refractivity contribution >= 4 is 58.3 Å². The zero-order valence-corrected chi connectivity index (χ0v) is 21.3. The van der Waals surface area contributed by atoms with Crippen molar-refractivity contribution in [3.05, 3.63) is 54.2 Å². The van der Waals surface area contributed by atoms with Crippen LogP contribution in [0.2, 0.25) is 0 Å². The van der Waals surface area contributed by atoms with E-state index in [1.165, 1.54) is 0 Å². The largest absolute Gasteiger partial charge is 0.473 e. The molecule has 36 heavy (non-hydrogen) atoms. The molecule has 0 aliphatic heterocycles. The minimum Gasteiger partial charge on any atom is -0.473 e. The maximum absolute atomic E-state index is 7.83. The van der Waals surface area contributed by atoms with Gasteiger partial charge >= 0.3 is 0 Å². The van der Waals surface area contributed by atoms with Crippen molar-refractivity contribution in [1.82, 2.24) is 30.1 Å². The molecule has 0 aliphatic rings. The molecular weight excluding hydrogens is 529 g/mol. The summed E-state index contributed by atoms with van der Waals surface area (Å²) >= 11 is 17.1. The van der Waals surface area contributed by atoms with Gasteiger partial charge in [0, 0.05) is 24.5 Å². The number of anilines is 3. The van der Waals surface area contributed by atoms with Gasteiger partial charge in [-0.2, -0.15) is 19.9 Å². The van der Waals surface area contributed by atoms with Crippen molar-refractivity contribution in [2.24, 2.45) is 0 Å². The lowest BCUT2D eigenvalue weighted by Crippen LogP contribution is -2.15. The summed E-state index contributed by atoms with van der Waals surface area (Å²) in [7, 11) is 1.81. The number of alkyl halides is 3. The highest BCUT2D eigenvalue weighted by Gasteiger charge is 2.24. The van der Waals surface area contributed by atoms with E-state index in [4.69, 9.17) is 55.2 Å². The highest BCUT2D eigenvalue weighted by atomic mass is 35.6. The molecule has 0 radical (unpaired) electrons. The Kier molecular flexibility index (Phi) is 7.53. The third-order valence-corrected chi connectivity index (χ3v) is 5.27. The number of nitrogens with one attached hydrogen (secondary N) is 1. The van der Waals surface area contributed by atoms with Gasteiger partial charge in [0.05, 0.1) is 6.42 Å². The molecule has 0 fully saturated rings. The summed E-state index contributed by atoms with van der Waals surface area (Å²) in [6, 6.07) is 13.0. The molecule has 0 saturated heterocycles. The van der Waals surface area contributed by atoms with Crippen LogP contribution in [0.25, 0.3) is 23.2 Å². The SMILES string of the molecule is CC(OC(=N)CC(Cl)(Cl)Cl)c1ccc(-c2nc(-c3nc(N)nc(N(C)c4ccccc4)n3)no2)nc1. The molecule has 4 rings (SSSR count). The molecular formula is C22H20Cl3N9O2. The van der Waals surface area contributed by atoms with Crippen LogP contribution in [0.5, 0.6) is 0 Å². The smallest absolute Gasteiger partial charge is 0.276 e. The number of halogens is 3. The van der Waals surface area contributed by atoms with Gasteiger partial charge in [-0.05, 0) is 25.1 Å². The lowest BCUT2D eigenvalue weighted by Gasteiger charge is -2.17. The van der Waals surface area contributed by atoms with Crippen LogP contribution in [0.3, 0.4) is 0 Å². The molecule has 14 heteroatoms. The summed E-state index contributed by atoms with van der Waals surface area (Å²) in [5.74, 6) is 0.631. The van der Waals surface area contributed by atoms with E-state index in [1.54, 1.807) is 30.2 Å². The Bertz CT molecular complexity index is 1350. The molecule has 186 valence electrons. The van der Waals surface area contributed by atoms with Crippen LogP contribution < -0.4 is 10.6 Å². The van der Waals surface area contributed by atoms with Gasteiger partial charge in [0.2, 0.25) is 23.5 Å². The zero-order chi connectivity index (χ0) is 25.9. The summed E-state index contributed by atoms with van der Waals surface area (Å²) in [6.07, 6.45) is 0.932. The monoisotopic (exact) mass is 547 g/mol. The third kappa shape index (κ3) is 6.36. The van der Waals surface area contributed by atoms with E-state index in [2.05, 4.69) is 30.1 Å². The second-order valence-corrected chi connectivity index (χ2v) is 10.1. The van der Waals surface area contributed by atoms with Crippen LogP contribution in [0.4, 0.5) is 17.6 Å². The predicted octanol–water partition coefficient (Wildman–Crippen LogP) is 5.15. The molecule has 4 aromatic rings. The minimum absolute atomic E-state index is 0.0147. The van der Waals surface area contributed by atoms with Gasteiger partial charge in [0.25, 0.3) is 5.89 Å². The van der Waals surface area contributed by atoms with E-state index in [1.807, 2.05) is 37.4 Å². The van der Waals surface area contributed by atoms with Gasteiger partial charge < -0.3 is 19.9 Å². The van der Waals surface area contributed by atoms with E-state index in [9.17, 15) is 0 Å². The number of nitrogens with zero attached hydrogens (tertiary/aromatic N) is 7. The van der Waals surface area contributed by atoms with Crippen LogP contribution in [0, 0.1) is 5.41 Å². The number of aromatic nitrogens is 6. The fourth-order valence-corrected chi connectivity index (χ4v) is 3.46. The summed E-state index contributed by atoms with van der Waals surface area (Å²) in [4.78, 5) is 23.2. The molecule has 1 unspecified atom stereocenters. The van der Waals surface area contributed by atoms with Crippen molar-refractivity contribution in [2.45, 2.75) is 23.2 Å². The van der Waals surface area contributed by atoms with Gasteiger partial charge in [0.1, 0.15) is 11.8 Å². The second-order valence-electron chi connectivity index (χ2n) is 7.59. The Morgan fingerprint density at radius 1 is 1.08 bits per heavy atom. The summed E-state index contributed by atoms with van der Waals surface area (Å²) in [6.45, 7) is 1.75. The molecule has 0 saturated carbocycles. The van der Waals surface area contributed by atoms with Crippen LogP contribution in [0.15, 0.2) is 53.2 Å². The molecule has 1 atom stereocenters. The molecule has 1 aromatic carbocycles. The topological polar surface area (TPSA) is 153 Å². The van der Waals surface area contributed by atoms with Crippen molar-refractivity contribution in [3.63, 3.8) is 0 Å². The molecule has 3 aromatic heterocycles. The van der Waals surface area contributed by atoms with Gasteiger partial charge in [-0.25, -0.2) is 0 Å². The number of hydrogen-bond acceptors (Lipinski definition) is 11. The Morgan fingerprint density at radius 2 is 1.83 bits per heavy atom. The Hall–Kier alpha value is -3.54. The highest BCUT2D eigenvalue weighted by molar-refractivity contribution is 6.68. The van der Waals surface area contributed by atoms with Crippen LogP contribution in [0.1, 0.15) is 25.0 Å². The first-order chi connectivity index (χ1) is 17.1. The molecule has 0 bridgehead atoms. The lowest BCUT2D eigenvalue weighted by molar-refractivity contribution is 0.203. The fourth-order valence-electron chi connectivity index (χ4n) is 3.09. The van der Waals surface area contributed by atoms with Gasteiger partial charge in [0.15, 0.2) is 9.69 Å². The van der Waals surface area contributed by atoms with Crippen molar-refractivity contribution in [1.29, 1.82) is 5.41 Å². The Morgan fingerprint density at radius 3 is 2.50 bits per heavy atom. The van der Waals surface area contributed by atoms with Crippen molar-refractivity contribution in [3.8, 4) is 23.2 Å². The maximum Gasteiger partial charge on any atom is 0.276 e. The van der Waals surface area contributed by atoms with Gasteiger partial charge in [-0.1, -0.05) is 64.2 Å². The number of pyridine rings is 1. The first kappa shape index (κ1) is 25.5. The number of hydrogen-bond donors (Lipinski definition) is 2. The highest BCUT2D eigenvalue weighted by Crippen LogP contribution is 2.31. The zero-order valence-electron chi connectivity index (χ0n) is 19.1. The van der Waals surface area contributed by atoms with Crippen LogP contribution in [-0.4, -0.2) is 46.8 Å². The minimum atomic E-state index is -1.60. The molecule has 0 spiro atoms. The fraction of sp³-hybridized carbons (Fsp3) is 0.227. The van der Waals surface area contributed by atoms with Crippen molar-refractivity contribution in [2.75, 3.05) is 17.7 Å². The number of nitrogen functional groups attached to an aromatic ring is 1. The molecule has 0 aliphatic carbocycles. The Balaban J connectivity index is 1.50. The van der Waals surface area contributed by atoms with Gasteiger partial charge in [-0.15, -0.1) is 0 Å². The Labute approximate surface area is 221 Å². The van der Waals surface area contributed by atoms with E-state index in [0.29, 0.717) is 17.2 Å². The van der Waals surface area contributed by atoms with Crippen LogP contribution >= 0.6 is 34.8 Å². The quantitative estimate of drug-likeness (QED) is 0.180. The van der Waals surface area contributed by atoms with E-state index in [0.717, 1.165) is 5.69 Å². The van der Waals surface area contributed by atoms with Gasteiger partial charge in [-0.3, -0.25) is 10.4 Å². The maximum atomic E-state index is 7.83. The van der Waals surface area contributed by atoms with Crippen LogP contribution in [-0.2, 0) is 4.74 Å². The second kappa shape index (κ2) is 10.6. The molecule has 3 N–H and O–H groups in total. The number of rotatable bonds is 7. The summed E-state index contributed by atoms with van der Waals surface area (Å²) < 4.78 is 9.25. The normalized spacial score (nSPS) is 12.2. The standard InChI is InChI=1S/C22H20Cl3N9O2/c1-12(35-16(26)10-22(23,24)25)13-8-9-15(28-11-13)19-29-18(33-36-19)17-30-20(27)32-21(31-17)34(2)14-6-4-3-5-7-14/h3-9,11-12,26H,10H2,1-2H3,(H2,27,30,31,32). The lowest BCUT2D eigenvalue weighted by atomic mass is 10.1. The third-order valence-electron chi connectivity index (χ3n) is 4.87. The average Bonchev–Trinajstić information content (AvgIpc) is 3.33. The number of ether oxygens (including phenoxy) is 1. The summed E-state index contributed by atoms with van der Waals surface area (Å²) in [5, 5.41) is 11.8. The molecule has 3 heterocycles. The number of para-hydroxylation sites is 1. The number of nitrogens with two attached hydrogens (primary N) is 1. The van der Waals surface area contributed by atoms with Crippen molar-refractivity contribution < 1.29 is 9.26 Å². The van der Waals surface area contributed by atoms with E-state index >= 15 is 0 Å². The first-order valence-electron chi connectivity index (χ1n) is 10.5. The predicted molar refractivity (Wildman–Crippen MR) is 137 cm³/mol. The summed E-state index contributed by atoms with van der Waals surface area (Å²) in [5.41, 5.74) is 7.90. The molecule has 11 nitrogen and oxygen atoms in total. The average molecular weight is 549 g/mol. The van der Waals surface area contributed by atoms with E-state index < -0.39 is 9.90 Å². The molecule has 0 amide bonds.